The molecule has 0 aliphatic heterocycles. The molecule has 29 heavy (non-hydrogen) atoms. The van der Waals surface area contributed by atoms with Gasteiger partial charge in [0.15, 0.2) is 15.9 Å². The van der Waals surface area contributed by atoms with Crippen LogP contribution < -0.4 is 0 Å². The van der Waals surface area contributed by atoms with Crippen molar-refractivity contribution in [2.75, 3.05) is 0 Å². The van der Waals surface area contributed by atoms with Crippen molar-refractivity contribution in [1.29, 1.82) is 0 Å². The average Bonchev–Trinajstić information content (AvgIpc) is 3.09. The Labute approximate surface area is 171 Å². The van der Waals surface area contributed by atoms with Gasteiger partial charge in [0.1, 0.15) is 0 Å². The number of rotatable bonds is 8. The lowest BCUT2D eigenvalue weighted by Crippen LogP contribution is -2.47. The SMILES string of the molecule is CC(OC(=O)c1occc1CS(=O)(=O)c1ccccc1)C(=O)N(C(C)C)C(C)C. The topological polar surface area (TPSA) is 93.9 Å². The highest BCUT2D eigenvalue weighted by molar-refractivity contribution is 7.90. The third-order valence-electron chi connectivity index (χ3n) is 4.38. The predicted molar refractivity (Wildman–Crippen MR) is 108 cm³/mol. The first kappa shape index (κ1) is 22.7. The molecular weight excluding hydrogens is 394 g/mol. The maximum atomic E-state index is 12.7. The van der Waals surface area contributed by atoms with Crippen LogP contribution in [0, 0.1) is 0 Å². The molecule has 7 nitrogen and oxygen atoms in total. The van der Waals surface area contributed by atoms with Crippen LogP contribution in [-0.4, -0.2) is 43.4 Å². The van der Waals surface area contributed by atoms with Crippen molar-refractivity contribution in [2.45, 2.75) is 63.5 Å². The standard InChI is InChI=1S/C21H27NO6S/c1-14(2)22(15(3)4)20(23)16(5)28-21(24)19-17(11-12-27-19)13-29(25,26)18-9-7-6-8-10-18/h6-12,14-16H,13H2,1-5H3. The first-order chi connectivity index (χ1) is 13.5. The summed E-state index contributed by atoms with van der Waals surface area (Å²) in [4.78, 5) is 27.0. The van der Waals surface area contributed by atoms with Crippen molar-refractivity contribution in [1.82, 2.24) is 4.90 Å². The molecule has 0 aliphatic carbocycles. The van der Waals surface area contributed by atoms with Gasteiger partial charge in [-0.05, 0) is 52.8 Å². The third kappa shape index (κ3) is 5.47. The molecule has 2 aromatic rings. The highest BCUT2D eigenvalue weighted by Gasteiger charge is 2.30. The van der Waals surface area contributed by atoms with Gasteiger partial charge in [0.25, 0.3) is 5.91 Å². The summed E-state index contributed by atoms with van der Waals surface area (Å²) in [6.07, 6.45) is 0.198. The molecule has 1 aromatic carbocycles. The normalized spacial score (nSPS) is 12.8. The van der Waals surface area contributed by atoms with Crippen LogP contribution in [0.15, 0.2) is 52.0 Å². The first-order valence-electron chi connectivity index (χ1n) is 9.42. The Balaban J connectivity index is 2.16. The zero-order valence-corrected chi connectivity index (χ0v) is 18.1. The molecule has 1 aromatic heterocycles. The largest absolute Gasteiger partial charge is 0.457 e. The minimum absolute atomic E-state index is 0.0566. The lowest BCUT2D eigenvalue weighted by molar-refractivity contribution is -0.143. The second-order valence-electron chi connectivity index (χ2n) is 7.33. The van der Waals surface area contributed by atoms with E-state index in [0.717, 1.165) is 0 Å². The molecule has 0 radical (unpaired) electrons. The maximum Gasteiger partial charge on any atom is 0.375 e. The molecule has 0 saturated carbocycles. The molecule has 0 fully saturated rings. The van der Waals surface area contributed by atoms with Crippen molar-refractivity contribution in [2.24, 2.45) is 0 Å². The first-order valence-corrected chi connectivity index (χ1v) is 11.1. The molecule has 8 heteroatoms. The van der Waals surface area contributed by atoms with Crippen LogP contribution >= 0.6 is 0 Å². The summed E-state index contributed by atoms with van der Waals surface area (Å²) in [6, 6.07) is 9.24. The molecule has 0 saturated heterocycles. The van der Waals surface area contributed by atoms with Crippen LogP contribution in [0.1, 0.15) is 50.7 Å². The van der Waals surface area contributed by atoms with Gasteiger partial charge in [-0.2, -0.15) is 0 Å². The second kappa shape index (κ2) is 9.26. The number of benzene rings is 1. The van der Waals surface area contributed by atoms with E-state index in [0.29, 0.717) is 0 Å². The smallest absolute Gasteiger partial charge is 0.375 e. The number of ether oxygens (including phenoxy) is 1. The van der Waals surface area contributed by atoms with Crippen molar-refractivity contribution in [3.8, 4) is 0 Å². The van der Waals surface area contributed by atoms with Gasteiger partial charge in [-0.1, -0.05) is 18.2 Å². The van der Waals surface area contributed by atoms with Crippen LogP contribution in [0.25, 0.3) is 0 Å². The molecule has 1 amide bonds. The second-order valence-corrected chi connectivity index (χ2v) is 9.32. The van der Waals surface area contributed by atoms with Gasteiger partial charge in [0, 0.05) is 17.6 Å². The number of amides is 1. The van der Waals surface area contributed by atoms with E-state index in [1.807, 2.05) is 27.7 Å². The minimum atomic E-state index is -3.66. The molecule has 1 atom stereocenters. The Morgan fingerprint density at radius 1 is 1.00 bits per heavy atom. The van der Waals surface area contributed by atoms with E-state index < -0.39 is 27.7 Å². The van der Waals surface area contributed by atoms with Crippen LogP contribution in [-0.2, 0) is 25.1 Å². The summed E-state index contributed by atoms with van der Waals surface area (Å²) >= 11 is 0. The third-order valence-corrected chi connectivity index (χ3v) is 6.06. The predicted octanol–water partition coefficient (Wildman–Crippen LogP) is 3.44. The number of esters is 1. The highest BCUT2D eigenvalue weighted by Crippen LogP contribution is 2.21. The number of carbonyl (C=O) groups excluding carboxylic acids is 2. The summed E-state index contributed by atoms with van der Waals surface area (Å²) in [5.74, 6) is -1.83. The fraction of sp³-hybridized carbons (Fsp3) is 0.429. The van der Waals surface area contributed by atoms with Gasteiger partial charge < -0.3 is 14.1 Å². The number of nitrogens with zero attached hydrogens (tertiary/aromatic N) is 1. The number of sulfone groups is 1. The molecular formula is C21H27NO6S. The van der Waals surface area contributed by atoms with Crippen molar-refractivity contribution in [3.05, 3.63) is 54.0 Å². The zero-order valence-electron chi connectivity index (χ0n) is 17.3. The summed E-state index contributed by atoms with van der Waals surface area (Å²) in [6.45, 7) is 9.01. The number of furan rings is 1. The minimum Gasteiger partial charge on any atom is -0.457 e. The summed E-state index contributed by atoms with van der Waals surface area (Å²) in [5, 5.41) is 0. The lowest BCUT2D eigenvalue weighted by atomic mass is 10.2. The summed E-state index contributed by atoms with van der Waals surface area (Å²) < 4.78 is 35.6. The van der Waals surface area contributed by atoms with Crippen molar-refractivity contribution >= 4 is 21.7 Å². The molecule has 158 valence electrons. The fourth-order valence-electron chi connectivity index (χ4n) is 3.12. The molecule has 0 N–H and O–H groups in total. The van der Waals surface area contributed by atoms with E-state index >= 15 is 0 Å². The molecule has 0 bridgehead atoms. The number of hydrogen-bond acceptors (Lipinski definition) is 6. The Morgan fingerprint density at radius 3 is 2.14 bits per heavy atom. The van der Waals surface area contributed by atoms with E-state index in [9.17, 15) is 18.0 Å². The highest BCUT2D eigenvalue weighted by atomic mass is 32.2. The summed E-state index contributed by atoms with van der Waals surface area (Å²) in [5.41, 5.74) is 0.183. The van der Waals surface area contributed by atoms with Crippen LogP contribution in [0.3, 0.4) is 0 Å². The van der Waals surface area contributed by atoms with E-state index in [1.54, 1.807) is 23.1 Å². The molecule has 0 spiro atoms. The van der Waals surface area contributed by atoms with Gasteiger partial charge in [0.05, 0.1) is 16.9 Å². The van der Waals surface area contributed by atoms with E-state index in [1.165, 1.54) is 31.4 Å². The lowest BCUT2D eigenvalue weighted by Gasteiger charge is -2.32. The van der Waals surface area contributed by atoms with Crippen LogP contribution in [0.2, 0.25) is 0 Å². The molecule has 2 rings (SSSR count). The van der Waals surface area contributed by atoms with Gasteiger partial charge in [0.2, 0.25) is 5.76 Å². The Hall–Kier alpha value is -2.61. The molecule has 0 aliphatic rings. The molecule has 1 heterocycles. The number of carbonyl (C=O) groups is 2. The van der Waals surface area contributed by atoms with Crippen molar-refractivity contribution in [3.63, 3.8) is 0 Å². The monoisotopic (exact) mass is 421 g/mol. The molecule has 1 unspecified atom stereocenters. The number of hydrogen-bond donors (Lipinski definition) is 0. The average molecular weight is 422 g/mol. The van der Waals surface area contributed by atoms with Gasteiger partial charge in [-0.25, -0.2) is 13.2 Å². The zero-order chi connectivity index (χ0) is 21.8. The van der Waals surface area contributed by atoms with Gasteiger partial charge in [-0.15, -0.1) is 0 Å². The van der Waals surface area contributed by atoms with E-state index in [-0.39, 0.29) is 34.2 Å². The van der Waals surface area contributed by atoms with E-state index in [2.05, 4.69) is 0 Å². The quantitative estimate of drug-likeness (QED) is 0.606. The Kier molecular flexibility index (Phi) is 7.24. The fourth-order valence-corrected chi connectivity index (χ4v) is 4.50. The summed E-state index contributed by atoms with van der Waals surface area (Å²) in [7, 11) is -3.66. The van der Waals surface area contributed by atoms with Crippen LogP contribution in [0.4, 0.5) is 0 Å². The van der Waals surface area contributed by atoms with Gasteiger partial charge >= 0.3 is 5.97 Å². The van der Waals surface area contributed by atoms with Crippen molar-refractivity contribution < 1.29 is 27.2 Å². The Bertz CT molecular complexity index is 939. The van der Waals surface area contributed by atoms with E-state index in [4.69, 9.17) is 9.15 Å². The van der Waals surface area contributed by atoms with Gasteiger partial charge in [-0.3, -0.25) is 4.79 Å². The van der Waals surface area contributed by atoms with Crippen LogP contribution in [0.5, 0.6) is 0 Å². The maximum absolute atomic E-state index is 12.7. The Morgan fingerprint density at radius 2 is 1.59 bits per heavy atom.